The molecule has 0 atom stereocenters. The summed E-state index contributed by atoms with van der Waals surface area (Å²) in [5.74, 6) is 0.966. The highest BCUT2D eigenvalue weighted by atomic mass is 16.5. The number of ether oxygens (including phenoxy) is 2. The lowest BCUT2D eigenvalue weighted by Crippen LogP contribution is -1.97. The highest BCUT2D eigenvalue weighted by Gasteiger charge is 2.09. The van der Waals surface area contributed by atoms with Crippen LogP contribution in [0.5, 0.6) is 11.5 Å². The molecule has 0 saturated heterocycles. The van der Waals surface area contributed by atoms with E-state index in [9.17, 15) is 5.11 Å². The third kappa shape index (κ3) is 1.48. The summed E-state index contributed by atoms with van der Waals surface area (Å²) in [5, 5.41) is 10.6. The Hall–Kier alpha value is -1.29. The Balaban J connectivity index is 3.13. The molecular formula is C8H10NO3. The summed E-state index contributed by atoms with van der Waals surface area (Å²) in [5.41, 5.74) is 0.372. The Morgan fingerprint density at radius 2 is 2.17 bits per heavy atom. The smallest absolute Gasteiger partial charge is 0.184 e. The Labute approximate surface area is 70.8 Å². The van der Waals surface area contributed by atoms with Crippen LogP contribution in [0, 0.1) is 0 Å². The highest BCUT2D eigenvalue weighted by Crippen LogP contribution is 2.28. The Bertz CT molecular complexity index is 240. The minimum absolute atomic E-state index is 0.372. The molecule has 0 N–H and O–H groups in total. The predicted molar refractivity (Wildman–Crippen MR) is 41.7 cm³/mol. The van der Waals surface area contributed by atoms with Gasteiger partial charge in [0.05, 0.1) is 14.2 Å². The number of aromatic nitrogens is 1. The summed E-state index contributed by atoms with van der Waals surface area (Å²) in [7, 11) is 3.01. The Morgan fingerprint density at radius 1 is 1.42 bits per heavy atom. The van der Waals surface area contributed by atoms with Gasteiger partial charge in [0.25, 0.3) is 0 Å². The predicted octanol–water partition coefficient (Wildman–Crippen LogP) is 1.03. The first-order valence-electron chi connectivity index (χ1n) is 3.47. The SMILES string of the molecule is COc1ccnc(C[O])c1OC. The van der Waals surface area contributed by atoms with Gasteiger partial charge < -0.3 is 9.47 Å². The molecule has 0 aliphatic rings. The average Bonchev–Trinajstić information content (AvgIpc) is 2.16. The van der Waals surface area contributed by atoms with Crippen molar-refractivity contribution in [2.45, 2.75) is 6.61 Å². The van der Waals surface area contributed by atoms with Crippen LogP contribution >= 0.6 is 0 Å². The van der Waals surface area contributed by atoms with Crippen LogP contribution in [-0.2, 0) is 11.7 Å². The van der Waals surface area contributed by atoms with Gasteiger partial charge >= 0.3 is 0 Å². The fourth-order valence-electron chi connectivity index (χ4n) is 0.953. The van der Waals surface area contributed by atoms with Crippen LogP contribution in [0.3, 0.4) is 0 Å². The quantitative estimate of drug-likeness (QED) is 0.677. The van der Waals surface area contributed by atoms with Gasteiger partial charge in [-0.05, 0) is 0 Å². The lowest BCUT2D eigenvalue weighted by molar-refractivity contribution is 0.169. The molecular weight excluding hydrogens is 158 g/mol. The van der Waals surface area contributed by atoms with Crippen molar-refractivity contribution in [3.8, 4) is 11.5 Å². The number of hydrogen-bond acceptors (Lipinski definition) is 3. The van der Waals surface area contributed by atoms with E-state index in [-0.39, 0.29) is 0 Å². The van der Waals surface area contributed by atoms with E-state index in [1.165, 1.54) is 20.4 Å². The van der Waals surface area contributed by atoms with Crippen molar-refractivity contribution >= 4 is 0 Å². The van der Waals surface area contributed by atoms with Crippen molar-refractivity contribution in [1.82, 2.24) is 4.98 Å². The Kier molecular flexibility index (Phi) is 2.88. The van der Waals surface area contributed by atoms with Crippen molar-refractivity contribution in [3.63, 3.8) is 0 Å². The Morgan fingerprint density at radius 3 is 2.67 bits per heavy atom. The van der Waals surface area contributed by atoms with E-state index >= 15 is 0 Å². The molecule has 0 saturated carbocycles. The second-order valence-corrected chi connectivity index (χ2v) is 2.14. The average molecular weight is 168 g/mol. The number of methoxy groups -OCH3 is 2. The van der Waals surface area contributed by atoms with E-state index in [0.29, 0.717) is 17.2 Å². The molecule has 0 bridgehead atoms. The maximum atomic E-state index is 10.6. The van der Waals surface area contributed by atoms with Crippen molar-refractivity contribution in [2.75, 3.05) is 14.2 Å². The molecule has 1 rings (SSSR count). The van der Waals surface area contributed by atoms with E-state index in [2.05, 4.69) is 4.98 Å². The molecule has 0 spiro atoms. The molecule has 1 aromatic heterocycles. The van der Waals surface area contributed by atoms with Gasteiger partial charge in [0.2, 0.25) is 0 Å². The maximum absolute atomic E-state index is 10.6. The van der Waals surface area contributed by atoms with Gasteiger partial charge in [0.15, 0.2) is 11.5 Å². The fraction of sp³-hybridized carbons (Fsp3) is 0.375. The van der Waals surface area contributed by atoms with Gasteiger partial charge in [0, 0.05) is 12.3 Å². The third-order valence-corrected chi connectivity index (χ3v) is 1.50. The van der Waals surface area contributed by atoms with Crippen LogP contribution < -0.4 is 9.47 Å². The molecule has 0 fully saturated rings. The second kappa shape index (κ2) is 3.92. The zero-order valence-corrected chi connectivity index (χ0v) is 7.03. The summed E-state index contributed by atoms with van der Waals surface area (Å²) >= 11 is 0. The molecule has 0 amide bonds. The molecule has 0 unspecified atom stereocenters. The van der Waals surface area contributed by atoms with E-state index in [4.69, 9.17) is 9.47 Å². The number of nitrogens with zero attached hydrogens (tertiary/aromatic N) is 1. The van der Waals surface area contributed by atoms with Gasteiger partial charge in [-0.3, -0.25) is 4.98 Å². The largest absolute Gasteiger partial charge is 0.493 e. The van der Waals surface area contributed by atoms with Crippen LogP contribution in [0.25, 0.3) is 0 Å². The summed E-state index contributed by atoms with van der Waals surface area (Å²) in [4.78, 5) is 3.86. The molecule has 0 aliphatic heterocycles. The highest BCUT2D eigenvalue weighted by molar-refractivity contribution is 5.42. The van der Waals surface area contributed by atoms with E-state index < -0.39 is 6.61 Å². The maximum Gasteiger partial charge on any atom is 0.184 e. The van der Waals surface area contributed by atoms with E-state index in [1.54, 1.807) is 6.07 Å². The lowest BCUT2D eigenvalue weighted by atomic mass is 10.3. The summed E-state index contributed by atoms with van der Waals surface area (Å²) in [6.45, 7) is -0.402. The van der Waals surface area contributed by atoms with Crippen molar-refractivity contribution < 1.29 is 14.6 Å². The van der Waals surface area contributed by atoms with Crippen LogP contribution in [-0.4, -0.2) is 19.2 Å². The third-order valence-electron chi connectivity index (χ3n) is 1.50. The zero-order chi connectivity index (χ0) is 8.97. The van der Waals surface area contributed by atoms with Crippen molar-refractivity contribution in [1.29, 1.82) is 0 Å². The summed E-state index contributed by atoms with van der Waals surface area (Å²) in [6.07, 6.45) is 1.52. The van der Waals surface area contributed by atoms with Crippen LogP contribution in [0.15, 0.2) is 12.3 Å². The van der Waals surface area contributed by atoms with Crippen LogP contribution in [0.2, 0.25) is 0 Å². The second-order valence-electron chi connectivity index (χ2n) is 2.14. The normalized spacial score (nSPS) is 9.58. The van der Waals surface area contributed by atoms with Crippen LogP contribution in [0.1, 0.15) is 5.69 Å². The zero-order valence-electron chi connectivity index (χ0n) is 7.03. The molecule has 0 aliphatic carbocycles. The molecule has 0 aromatic carbocycles. The fourth-order valence-corrected chi connectivity index (χ4v) is 0.953. The molecule has 12 heavy (non-hydrogen) atoms. The summed E-state index contributed by atoms with van der Waals surface area (Å²) in [6, 6.07) is 1.65. The topological polar surface area (TPSA) is 51.2 Å². The number of rotatable bonds is 3. The first kappa shape index (κ1) is 8.80. The van der Waals surface area contributed by atoms with Crippen LogP contribution in [0.4, 0.5) is 0 Å². The minimum Gasteiger partial charge on any atom is -0.493 e. The van der Waals surface area contributed by atoms with Gasteiger partial charge in [-0.15, -0.1) is 0 Å². The first-order valence-corrected chi connectivity index (χ1v) is 3.47. The standard InChI is InChI=1S/C8H10NO3/c1-11-7-3-4-9-6(5-10)8(7)12-2/h3-4H,5H2,1-2H3. The molecule has 1 heterocycles. The van der Waals surface area contributed by atoms with Crippen molar-refractivity contribution in [3.05, 3.63) is 18.0 Å². The monoisotopic (exact) mass is 168 g/mol. The van der Waals surface area contributed by atoms with Gasteiger partial charge in [-0.25, -0.2) is 5.11 Å². The molecule has 4 nitrogen and oxygen atoms in total. The lowest BCUT2D eigenvalue weighted by Gasteiger charge is -2.08. The summed E-state index contributed by atoms with van der Waals surface area (Å²) < 4.78 is 9.95. The van der Waals surface area contributed by atoms with Gasteiger partial charge in [-0.2, -0.15) is 0 Å². The van der Waals surface area contributed by atoms with Gasteiger partial charge in [-0.1, -0.05) is 0 Å². The van der Waals surface area contributed by atoms with Gasteiger partial charge in [0.1, 0.15) is 12.3 Å². The minimum atomic E-state index is -0.402. The van der Waals surface area contributed by atoms with Crippen molar-refractivity contribution in [2.24, 2.45) is 0 Å². The molecule has 65 valence electrons. The first-order chi connectivity index (χ1) is 5.83. The van der Waals surface area contributed by atoms with E-state index in [1.807, 2.05) is 0 Å². The number of hydrogen-bond donors (Lipinski definition) is 0. The van der Waals surface area contributed by atoms with E-state index in [0.717, 1.165) is 0 Å². The molecule has 4 heteroatoms. The molecule has 1 aromatic rings. The number of pyridine rings is 1. The molecule has 1 radical (unpaired) electrons.